The van der Waals surface area contributed by atoms with Crippen LogP contribution >= 0.6 is 11.8 Å². The highest BCUT2D eigenvalue weighted by atomic mass is 32.2. The molecular weight excluding hydrogens is 220 g/mol. The van der Waals surface area contributed by atoms with E-state index in [1.165, 1.54) is 11.8 Å². The average Bonchev–Trinajstić information content (AvgIpc) is 2.33. The second-order valence-electron chi connectivity index (χ2n) is 3.25. The average molecular weight is 232 g/mol. The van der Waals surface area contributed by atoms with Crippen molar-refractivity contribution in [1.29, 1.82) is 0 Å². The van der Waals surface area contributed by atoms with Crippen LogP contribution in [-0.4, -0.2) is 12.2 Å². The maximum Gasteiger partial charge on any atom is 0.133 e. The normalized spacial score (nSPS) is 10.1. The molecule has 0 radical (unpaired) electrons. The molecule has 0 amide bonds. The van der Waals surface area contributed by atoms with Crippen LogP contribution in [0.3, 0.4) is 0 Å². The molecule has 0 aromatic heterocycles. The van der Waals surface area contributed by atoms with Crippen molar-refractivity contribution in [2.45, 2.75) is 9.79 Å². The van der Waals surface area contributed by atoms with Gasteiger partial charge in [-0.15, -0.1) is 0 Å². The molecule has 0 aliphatic carbocycles. The number of phenols is 1. The van der Waals surface area contributed by atoms with Crippen molar-refractivity contribution in [1.82, 2.24) is 0 Å². The number of rotatable bonds is 3. The third-order valence-corrected chi connectivity index (χ3v) is 3.21. The molecule has 2 aromatic rings. The van der Waals surface area contributed by atoms with Gasteiger partial charge in [-0.2, -0.15) is 0 Å². The van der Waals surface area contributed by atoms with E-state index in [0.29, 0.717) is 5.75 Å². The zero-order valence-electron chi connectivity index (χ0n) is 8.88. The summed E-state index contributed by atoms with van der Waals surface area (Å²) in [5.41, 5.74) is 0. The molecule has 1 N–H and O–H groups in total. The highest BCUT2D eigenvalue weighted by Gasteiger charge is 2.04. The fourth-order valence-corrected chi connectivity index (χ4v) is 2.17. The van der Waals surface area contributed by atoms with Gasteiger partial charge in [-0.25, -0.2) is 0 Å². The predicted molar refractivity (Wildman–Crippen MR) is 65.2 cm³/mol. The summed E-state index contributed by atoms with van der Waals surface area (Å²) < 4.78 is 5.03. The molecule has 0 aliphatic rings. The van der Waals surface area contributed by atoms with E-state index in [2.05, 4.69) is 0 Å². The minimum absolute atomic E-state index is 0.244. The molecule has 0 atom stereocenters. The number of ether oxygens (including phenoxy) is 1. The van der Waals surface area contributed by atoms with Gasteiger partial charge in [0.15, 0.2) is 0 Å². The van der Waals surface area contributed by atoms with Crippen molar-refractivity contribution in [3.05, 3.63) is 48.5 Å². The standard InChI is InChI=1S/C13H12O2S/c1-15-10-7-8-13(12(14)9-10)16-11-5-3-2-4-6-11/h2-9,14H,1H3. The second-order valence-corrected chi connectivity index (χ2v) is 4.36. The van der Waals surface area contributed by atoms with Gasteiger partial charge in [0.1, 0.15) is 11.5 Å². The molecule has 0 saturated heterocycles. The molecular formula is C13H12O2S. The van der Waals surface area contributed by atoms with Gasteiger partial charge in [0.05, 0.1) is 12.0 Å². The zero-order chi connectivity index (χ0) is 11.4. The van der Waals surface area contributed by atoms with Crippen LogP contribution in [0.2, 0.25) is 0 Å². The van der Waals surface area contributed by atoms with E-state index in [1.807, 2.05) is 42.5 Å². The van der Waals surface area contributed by atoms with Crippen molar-refractivity contribution in [3.63, 3.8) is 0 Å². The van der Waals surface area contributed by atoms with E-state index in [4.69, 9.17) is 4.74 Å². The zero-order valence-corrected chi connectivity index (χ0v) is 9.70. The molecule has 0 bridgehead atoms. The highest BCUT2D eigenvalue weighted by molar-refractivity contribution is 7.99. The van der Waals surface area contributed by atoms with Crippen molar-refractivity contribution >= 4 is 11.8 Å². The maximum absolute atomic E-state index is 9.78. The summed E-state index contributed by atoms with van der Waals surface area (Å²) in [7, 11) is 1.58. The number of hydrogen-bond donors (Lipinski definition) is 1. The molecule has 2 nitrogen and oxygen atoms in total. The largest absolute Gasteiger partial charge is 0.507 e. The Morgan fingerprint density at radius 2 is 1.81 bits per heavy atom. The van der Waals surface area contributed by atoms with Crippen LogP contribution in [0.4, 0.5) is 0 Å². The lowest BCUT2D eigenvalue weighted by molar-refractivity contribution is 0.405. The van der Waals surface area contributed by atoms with Gasteiger partial charge in [-0.3, -0.25) is 0 Å². The Hall–Kier alpha value is -1.61. The Balaban J connectivity index is 2.22. The summed E-state index contributed by atoms with van der Waals surface area (Å²) in [6.07, 6.45) is 0. The predicted octanol–water partition coefficient (Wildman–Crippen LogP) is 3.55. The van der Waals surface area contributed by atoms with E-state index < -0.39 is 0 Å². The fourth-order valence-electron chi connectivity index (χ4n) is 1.33. The van der Waals surface area contributed by atoms with Crippen LogP contribution in [-0.2, 0) is 0 Å². The van der Waals surface area contributed by atoms with Crippen molar-refractivity contribution < 1.29 is 9.84 Å². The van der Waals surface area contributed by atoms with Crippen molar-refractivity contribution in [2.24, 2.45) is 0 Å². The lowest BCUT2D eigenvalue weighted by Gasteiger charge is -2.06. The number of hydrogen-bond acceptors (Lipinski definition) is 3. The van der Waals surface area contributed by atoms with E-state index in [9.17, 15) is 5.11 Å². The Bertz CT molecular complexity index is 469. The van der Waals surface area contributed by atoms with Gasteiger partial charge < -0.3 is 9.84 Å². The minimum Gasteiger partial charge on any atom is -0.507 e. The quantitative estimate of drug-likeness (QED) is 0.877. The van der Waals surface area contributed by atoms with Crippen LogP contribution in [0.15, 0.2) is 58.3 Å². The number of phenolic OH excluding ortho intramolecular Hbond substituents is 1. The first-order valence-electron chi connectivity index (χ1n) is 4.89. The lowest BCUT2D eigenvalue weighted by Crippen LogP contribution is -1.82. The molecule has 0 unspecified atom stereocenters. The number of methoxy groups -OCH3 is 1. The molecule has 82 valence electrons. The van der Waals surface area contributed by atoms with Crippen LogP contribution < -0.4 is 4.74 Å². The van der Waals surface area contributed by atoms with Gasteiger partial charge in [-0.05, 0) is 24.3 Å². The summed E-state index contributed by atoms with van der Waals surface area (Å²) >= 11 is 1.53. The third-order valence-electron chi connectivity index (χ3n) is 2.14. The summed E-state index contributed by atoms with van der Waals surface area (Å²) in [4.78, 5) is 1.93. The van der Waals surface area contributed by atoms with Gasteiger partial charge >= 0.3 is 0 Å². The van der Waals surface area contributed by atoms with Gasteiger partial charge in [0, 0.05) is 11.0 Å². The number of aromatic hydroxyl groups is 1. The van der Waals surface area contributed by atoms with Gasteiger partial charge in [-0.1, -0.05) is 30.0 Å². The SMILES string of the molecule is COc1ccc(Sc2ccccc2)c(O)c1. The lowest BCUT2D eigenvalue weighted by atomic mass is 10.3. The summed E-state index contributed by atoms with van der Waals surface area (Å²) in [6.45, 7) is 0. The van der Waals surface area contributed by atoms with Gasteiger partial charge in [0.25, 0.3) is 0 Å². The second kappa shape index (κ2) is 4.94. The van der Waals surface area contributed by atoms with Crippen LogP contribution in [0.25, 0.3) is 0 Å². The van der Waals surface area contributed by atoms with Gasteiger partial charge in [0.2, 0.25) is 0 Å². The van der Waals surface area contributed by atoms with Crippen molar-refractivity contribution in [3.8, 4) is 11.5 Å². The third kappa shape index (κ3) is 2.49. The number of benzene rings is 2. The minimum atomic E-state index is 0.244. The molecule has 2 rings (SSSR count). The van der Waals surface area contributed by atoms with Crippen molar-refractivity contribution in [2.75, 3.05) is 7.11 Å². The smallest absolute Gasteiger partial charge is 0.133 e. The molecule has 16 heavy (non-hydrogen) atoms. The first-order chi connectivity index (χ1) is 7.79. The molecule has 2 aromatic carbocycles. The van der Waals surface area contributed by atoms with Crippen LogP contribution in [0.1, 0.15) is 0 Å². The molecule has 0 fully saturated rings. The molecule has 0 saturated carbocycles. The first kappa shape index (κ1) is 10.9. The summed E-state index contributed by atoms with van der Waals surface area (Å²) in [5.74, 6) is 0.906. The first-order valence-corrected chi connectivity index (χ1v) is 5.71. The van der Waals surface area contributed by atoms with E-state index in [0.717, 1.165) is 9.79 Å². The monoisotopic (exact) mass is 232 g/mol. The Morgan fingerprint density at radius 3 is 2.44 bits per heavy atom. The van der Waals surface area contributed by atoms with E-state index in [1.54, 1.807) is 13.2 Å². The Labute approximate surface area is 98.9 Å². The molecule has 0 spiro atoms. The maximum atomic E-state index is 9.78. The Morgan fingerprint density at radius 1 is 1.06 bits per heavy atom. The fraction of sp³-hybridized carbons (Fsp3) is 0.0769. The topological polar surface area (TPSA) is 29.5 Å². The summed E-state index contributed by atoms with van der Waals surface area (Å²) in [5, 5.41) is 9.78. The molecule has 3 heteroatoms. The van der Waals surface area contributed by atoms with E-state index >= 15 is 0 Å². The van der Waals surface area contributed by atoms with E-state index in [-0.39, 0.29) is 5.75 Å². The molecule has 0 aliphatic heterocycles. The van der Waals surface area contributed by atoms with Crippen LogP contribution in [0, 0.1) is 0 Å². The highest BCUT2D eigenvalue weighted by Crippen LogP contribution is 2.36. The molecule has 0 heterocycles. The van der Waals surface area contributed by atoms with Crippen LogP contribution in [0.5, 0.6) is 11.5 Å². The summed E-state index contributed by atoms with van der Waals surface area (Å²) in [6, 6.07) is 15.2. The Kier molecular flexibility index (Phi) is 3.37.